The molecule has 0 radical (unpaired) electrons. The Morgan fingerprint density at radius 2 is 2.00 bits per heavy atom. The summed E-state index contributed by atoms with van der Waals surface area (Å²) in [6.07, 6.45) is 0. The first-order valence-electron chi connectivity index (χ1n) is 5.16. The second kappa shape index (κ2) is 6.39. The zero-order valence-corrected chi connectivity index (χ0v) is 10.9. The lowest BCUT2D eigenvalue weighted by Gasteiger charge is -2.10. The smallest absolute Gasteiger partial charge is 0.307 e. The zero-order chi connectivity index (χ0) is 12.8. The van der Waals surface area contributed by atoms with Crippen LogP contribution in [0.3, 0.4) is 0 Å². The number of hydrogen-bond acceptors (Lipinski definition) is 4. The molecule has 0 spiro atoms. The van der Waals surface area contributed by atoms with Gasteiger partial charge in [-0.1, -0.05) is 6.92 Å². The van der Waals surface area contributed by atoms with Gasteiger partial charge in [0.25, 0.3) is 0 Å². The van der Waals surface area contributed by atoms with Gasteiger partial charge in [0.05, 0.1) is 20.1 Å². The number of benzene rings is 1. The van der Waals surface area contributed by atoms with Gasteiger partial charge >= 0.3 is 5.97 Å². The molecule has 1 aromatic rings. The molecule has 0 fully saturated rings. The molecule has 0 aliphatic heterocycles. The van der Waals surface area contributed by atoms with Crippen molar-refractivity contribution in [1.29, 1.82) is 0 Å². The summed E-state index contributed by atoms with van der Waals surface area (Å²) in [4.78, 5) is 11.7. The van der Waals surface area contributed by atoms with Crippen molar-refractivity contribution in [3.8, 4) is 11.5 Å². The molecular weight excluding hydrogens is 240 g/mol. The highest BCUT2D eigenvalue weighted by Gasteiger charge is 2.12. The predicted molar refractivity (Wildman–Crippen MR) is 67.1 cm³/mol. The zero-order valence-electron chi connectivity index (χ0n) is 10.1. The molecule has 1 unspecified atom stereocenters. The van der Waals surface area contributed by atoms with Crippen molar-refractivity contribution in [3.63, 3.8) is 0 Å². The van der Waals surface area contributed by atoms with E-state index in [0.717, 1.165) is 4.90 Å². The summed E-state index contributed by atoms with van der Waals surface area (Å²) in [6, 6.07) is 5.55. The average molecular weight is 256 g/mol. The summed E-state index contributed by atoms with van der Waals surface area (Å²) >= 11 is 1.49. The van der Waals surface area contributed by atoms with Gasteiger partial charge in [-0.05, 0) is 18.2 Å². The normalized spacial score (nSPS) is 11.9. The van der Waals surface area contributed by atoms with Gasteiger partial charge in [-0.15, -0.1) is 11.8 Å². The highest BCUT2D eigenvalue weighted by Crippen LogP contribution is 2.32. The molecule has 0 saturated carbocycles. The van der Waals surface area contributed by atoms with Crippen LogP contribution in [0.25, 0.3) is 0 Å². The molecule has 4 nitrogen and oxygen atoms in total. The Bertz CT molecular complexity index is 392. The van der Waals surface area contributed by atoms with E-state index in [2.05, 4.69) is 0 Å². The first-order valence-corrected chi connectivity index (χ1v) is 6.14. The molecule has 1 N–H and O–H groups in total. The minimum atomic E-state index is -0.780. The lowest BCUT2D eigenvalue weighted by Crippen LogP contribution is -2.11. The third-order valence-electron chi connectivity index (χ3n) is 2.28. The first-order chi connectivity index (χ1) is 8.08. The molecule has 0 aliphatic rings. The Labute approximate surface area is 105 Å². The molecule has 0 saturated heterocycles. The summed E-state index contributed by atoms with van der Waals surface area (Å²) in [5.41, 5.74) is 0. The highest BCUT2D eigenvalue weighted by atomic mass is 32.2. The molecule has 0 aliphatic carbocycles. The van der Waals surface area contributed by atoms with E-state index in [4.69, 9.17) is 14.6 Å². The minimum absolute atomic E-state index is 0.368. The Kier molecular flexibility index (Phi) is 5.15. The van der Waals surface area contributed by atoms with Crippen LogP contribution in [0.1, 0.15) is 6.92 Å². The standard InChI is InChI=1S/C12H16O4S/c1-8(12(13)14)7-17-9-4-5-10(15-2)11(6-9)16-3/h4-6,8H,7H2,1-3H3,(H,13,14). The summed E-state index contributed by atoms with van der Waals surface area (Å²) in [5.74, 6) is 0.708. The van der Waals surface area contributed by atoms with Crippen LogP contribution in [-0.2, 0) is 4.79 Å². The molecular formula is C12H16O4S. The number of hydrogen-bond donors (Lipinski definition) is 1. The van der Waals surface area contributed by atoms with Gasteiger partial charge in [-0.2, -0.15) is 0 Å². The maximum atomic E-state index is 10.7. The maximum Gasteiger partial charge on any atom is 0.307 e. The number of rotatable bonds is 6. The quantitative estimate of drug-likeness (QED) is 0.793. The molecule has 5 heteroatoms. The van der Waals surface area contributed by atoms with Gasteiger partial charge in [0.2, 0.25) is 0 Å². The van der Waals surface area contributed by atoms with E-state index in [0.29, 0.717) is 17.3 Å². The van der Waals surface area contributed by atoms with E-state index in [1.807, 2.05) is 18.2 Å². The number of carboxylic acids is 1. The van der Waals surface area contributed by atoms with Crippen LogP contribution in [-0.4, -0.2) is 31.0 Å². The lowest BCUT2D eigenvalue weighted by molar-refractivity contribution is -0.140. The molecule has 0 heterocycles. The number of carboxylic acid groups (broad SMARTS) is 1. The fourth-order valence-electron chi connectivity index (χ4n) is 1.20. The fraction of sp³-hybridized carbons (Fsp3) is 0.417. The first kappa shape index (κ1) is 13.7. The maximum absolute atomic E-state index is 10.7. The van der Waals surface area contributed by atoms with E-state index in [9.17, 15) is 4.79 Å². The molecule has 0 bridgehead atoms. The van der Waals surface area contributed by atoms with E-state index in [-0.39, 0.29) is 5.92 Å². The van der Waals surface area contributed by atoms with Crippen LogP contribution in [0.15, 0.2) is 23.1 Å². The monoisotopic (exact) mass is 256 g/mol. The van der Waals surface area contributed by atoms with Gasteiger partial charge < -0.3 is 14.6 Å². The summed E-state index contributed by atoms with van der Waals surface area (Å²) in [7, 11) is 3.16. The van der Waals surface area contributed by atoms with Gasteiger partial charge in [-0.25, -0.2) is 0 Å². The third kappa shape index (κ3) is 3.85. The van der Waals surface area contributed by atoms with E-state index < -0.39 is 5.97 Å². The van der Waals surface area contributed by atoms with Crippen LogP contribution in [0.4, 0.5) is 0 Å². The van der Waals surface area contributed by atoms with Crippen LogP contribution in [0.2, 0.25) is 0 Å². The molecule has 0 aromatic heterocycles. The van der Waals surface area contributed by atoms with Gasteiger partial charge in [0, 0.05) is 10.6 Å². The third-order valence-corrected chi connectivity index (χ3v) is 3.53. The number of methoxy groups -OCH3 is 2. The minimum Gasteiger partial charge on any atom is -0.493 e. The van der Waals surface area contributed by atoms with Gasteiger partial charge in [-0.3, -0.25) is 4.79 Å². The van der Waals surface area contributed by atoms with Gasteiger partial charge in [0.15, 0.2) is 11.5 Å². The SMILES string of the molecule is COc1ccc(SCC(C)C(=O)O)cc1OC. The topological polar surface area (TPSA) is 55.8 Å². The Morgan fingerprint density at radius 1 is 1.35 bits per heavy atom. The van der Waals surface area contributed by atoms with Crippen molar-refractivity contribution in [1.82, 2.24) is 0 Å². The molecule has 94 valence electrons. The van der Waals surface area contributed by atoms with Crippen molar-refractivity contribution in [2.45, 2.75) is 11.8 Å². The summed E-state index contributed by atoms with van der Waals surface area (Å²) < 4.78 is 10.3. The van der Waals surface area contributed by atoms with Crippen LogP contribution < -0.4 is 9.47 Å². The van der Waals surface area contributed by atoms with E-state index in [1.54, 1.807) is 21.1 Å². The van der Waals surface area contributed by atoms with Gasteiger partial charge in [0.1, 0.15) is 0 Å². The second-order valence-corrected chi connectivity index (χ2v) is 4.66. The predicted octanol–water partition coefficient (Wildman–Crippen LogP) is 2.52. The fourth-order valence-corrected chi connectivity index (χ4v) is 2.14. The largest absolute Gasteiger partial charge is 0.493 e. The molecule has 0 amide bonds. The average Bonchev–Trinajstić information content (AvgIpc) is 2.35. The van der Waals surface area contributed by atoms with Crippen molar-refractivity contribution in [2.24, 2.45) is 5.92 Å². The van der Waals surface area contributed by atoms with Crippen LogP contribution in [0.5, 0.6) is 11.5 Å². The van der Waals surface area contributed by atoms with E-state index in [1.165, 1.54) is 11.8 Å². The van der Waals surface area contributed by atoms with Crippen molar-refractivity contribution < 1.29 is 19.4 Å². The molecule has 1 atom stereocenters. The molecule has 17 heavy (non-hydrogen) atoms. The Hall–Kier alpha value is -1.36. The second-order valence-electron chi connectivity index (χ2n) is 3.57. The lowest BCUT2D eigenvalue weighted by atomic mass is 10.2. The van der Waals surface area contributed by atoms with E-state index >= 15 is 0 Å². The number of aliphatic carboxylic acids is 1. The summed E-state index contributed by atoms with van der Waals surface area (Å²) in [5, 5.41) is 8.78. The molecule has 1 aromatic carbocycles. The van der Waals surface area contributed by atoms with Crippen LogP contribution >= 0.6 is 11.8 Å². The number of ether oxygens (including phenoxy) is 2. The van der Waals surface area contributed by atoms with Crippen molar-refractivity contribution in [3.05, 3.63) is 18.2 Å². The number of thioether (sulfide) groups is 1. The molecule has 1 rings (SSSR count). The Morgan fingerprint density at radius 3 is 2.53 bits per heavy atom. The Balaban J connectivity index is 2.69. The summed E-state index contributed by atoms with van der Waals surface area (Å²) in [6.45, 7) is 1.69. The van der Waals surface area contributed by atoms with Crippen molar-refractivity contribution in [2.75, 3.05) is 20.0 Å². The number of carbonyl (C=O) groups is 1. The van der Waals surface area contributed by atoms with Crippen LogP contribution in [0, 0.1) is 5.92 Å². The highest BCUT2D eigenvalue weighted by molar-refractivity contribution is 7.99. The van der Waals surface area contributed by atoms with Crippen molar-refractivity contribution >= 4 is 17.7 Å².